The number of halogens is 1. The number of amides is 1. The minimum Gasteiger partial charge on any atom is -0.354 e. The van der Waals surface area contributed by atoms with Gasteiger partial charge in [-0.3, -0.25) is 4.79 Å². The van der Waals surface area contributed by atoms with Crippen LogP contribution < -0.4 is 11.1 Å². The zero-order valence-corrected chi connectivity index (χ0v) is 6.07. The fourth-order valence-electron chi connectivity index (χ4n) is 0.765. The maximum absolute atomic E-state index is 10.5. The van der Waals surface area contributed by atoms with Gasteiger partial charge in [0.05, 0.1) is 6.04 Å². The van der Waals surface area contributed by atoms with Crippen LogP contribution in [0.5, 0.6) is 0 Å². The van der Waals surface area contributed by atoms with E-state index in [-0.39, 0.29) is 24.4 Å². The Hall–Kier alpha value is -0.280. The predicted octanol–water partition coefficient (Wildman–Crippen LogP) is -0.499. The summed E-state index contributed by atoms with van der Waals surface area (Å²) in [5.41, 5.74) is 5.41. The van der Waals surface area contributed by atoms with Crippen molar-refractivity contribution in [3.63, 3.8) is 0 Å². The lowest BCUT2D eigenvalue weighted by Gasteiger charge is -2.01. The maximum Gasteiger partial charge on any atom is 0.237 e. The first-order valence-electron chi connectivity index (χ1n) is 2.75. The van der Waals surface area contributed by atoms with Crippen LogP contribution in [0.25, 0.3) is 0 Å². The molecule has 1 fully saturated rings. The summed E-state index contributed by atoms with van der Waals surface area (Å²) in [5, 5.41) is 2.66. The van der Waals surface area contributed by atoms with E-state index < -0.39 is 0 Å². The van der Waals surface area contributed by atoms with Crippen LogP contribution in [0.15, 0.2) is 0 Å². The number of hydrogen-bond acceptors (Lipinski definition) is 2. The minimum atomic E-state index is -0.269. The molecule has 1 rings (SSSR count). The van der Waals surface area contributed by atoms with Gasteiger partial charge in [0.25, 0.3) is 0 Å². The SMILES string of the molecule is C[C@H]1CNC(=O)[C@@H]1N.Cl. The molecule has 0 unspecified atom stereocenters. The van der Waals surface area contributed by atoms with Crippen molar-refractivity contribution in [1.82, 2.24) is 5.32 Å². The third-order valence-electron chi connectivity index (χ3n) is 1.51. The van der Waals surface area contributed by atoms with Gasteiger partial charge in [-0.05, 0) is 5.92 Å². The monoisotopic (exact) mass is 150 g/mol. The second-order valence-corrected chi connectivity index (χ2v) is 2.25. The van der Waals surface area contributed by atoms with E-state index in [1.54, 1.807) is 0 Å². The summed E-state index contributed by atoms with van der Waals surface area (Å²) >= 11 is 0. The zero-order valence-electron chi connectivity index (χ0n) is 5.26. The molecule has 4 heteroatoms. The van der Waals surface area contributed by atoms with Crippen molar-refractivity contribution in [3.8, 4) is 0 Å². The lowest BCUT2D eigenvalue weighted by atomic mass is 10.1. The summed E-state index contributed by atoms with van der Waals surface area (Å²) in [6, 6.07) is -0.269. The number of carbonyl (C=O) groups is 1. The van der Waals surface area contributed by atoms with Crippen LogP contribution in [0.4, 0.5) is 0 Å². The molecule has 0 aromatic rings. The molecule has 1 saturated heterocycles. The van der Waals surface area contributed by atoms with Gasteiger partial charge < -0.3 is 11.1 Å². The molecule has 3 N–H and O–H groups in total. The van der Waals surface area contributed by atoms with E-state index in [4.69, 9.17) is 5.73 Å². The van der Waals surface area contributed by atoms with Gasteiger partial charge in [-0.15, -0.1) is 12.4 Å². The molecule has 0 aliphatic carbocycles. The number of rotatable bonds is 0. The van der Waals surface area contributed by atoms with Crippen LogP contribution in [0.3, 0.4) is 0 Å². The van der Waals surface area contributed by atoms with E-state index in [9.17, 15) is 4.79 Å². The maximum atomic E-state index is 10.5. The van der Waals surface area contributed by atoms with Gasteiger partial charge >= 0.3 is 0 Å². The van der Waals surface area contributed by atoms with Crippen LogP contribution >= 0.6 is 12.4 Å². The van der Waals surface area contributed by atoms with E-state index in [1.807, 2.05) is 6.92 Å². The van der Waals surface area contributed by atoms with E-state index in [1.165, 1.54) is 0 Å². The lowest BCUT2D eigenvalue weighted by Crippen LogP contribution is -2.32. The molecular formula is C5H11ClN2O. The average Bonchev–Trinajstić information content (AvgIpc) is 1.98. The van der Waals surface area contributed by atoms with Gasteiger partial charge in [0.2, 0.25) is 5.91 Å². The van der Waals surface area contributed by atoms with Crippen LogP contribution in [-0.4, -0.2) is 18.5 Å². The first-order valence-corrected chi connectivity index (χ1v) is 2.75. The molecular weight excluding hydrogens is 140 g/mol. The Balaban J connectivity index is 0.000000640. The van der Waals surface area contributed by atoms with Crippen LogP contribution in [0.1, 0.15) is 6.92 Å². The minimum absolute atomic E-state index is 0. The predicted molar refractivity (Wildman–Crippen MR) is 37.4 cm³/mol. The first kappa shape index (κ1) is 8.72. The average molecular weight is 151 g/mol. The van der Waals surface area contributed by atoms with Crippen LogP contribution in [0, 0.1) is 5.92 Å². The Morgan fingerprint density at radius 3 is 2.44 bits per heavy atom. The number of hydrogen-bond donors (Lipinski definition) is 2. The molecule has 3 nitrogen and oxygen atoms in total. The summed E-state index contributed by atoms with van der Waals surface area (Å²) in [6.45, 7) is 2.70. The number of carbonyl (C=O) groups excluding carboxylic acids is 1. The third kappa shape index (κ3) is 1.56. The summed E-state index contributed by atoms with van der Waals surface area (Å²) in [4.78, 5) is 10.5. The molecule has 1 amide bonds. The molecule has 2 atom stereocenters. The Labute approximate surface area is 60.4 Å². The van der Waals surface area contributed by atoms with Crippen molar-refractivity contribution in [2.24, 2.45) is 11.7 Å². The molecule has 0 saturated carbocycles. The Bertz CT molecular complexity index is 118. The van der Waals surface area contributed by atoms with E-state index in [2.05, 4.69) is 5.32 Å². The van der Waals surface area contributed by atoms with Crippen molar-refractivity contribution in [3.05, 3.63) is 0 Å². The van der Waals surface area contributed by atoms with Crippen molar-refractivity contribution in [1.29, 1.82) is 0 Å². The molecule has 9 heavy (non-hydrogen) atoms. The smallest absolute Gasteiger partial charge is 0.237 e. The zero-order chi connectivity index (χ0) is 6.15. The highest BCUT2D eigenvalue weighted by atomic mass is 35.5. The first-order chi connectivity index (χ1) is 3.72. The fourth-order valence-corrected chi connectivity index (χ4v) is 0.765. The summed E-state index contributed by atoms with van der Waals surface area (Å²) in [6.07, 6.45) is 0. The van der Waals surface area contributed by atoms with Crippen molar-refractivity contribution < 1.29 is 4.79 Å². The van der Waals surface area contributed by atoms with Gasteiger partial charge in [-0.2, -0.15) is 0 Å². The Morgan fingerprint density at radius 2 is 2.33 bits per heavy atom. The number of nitrogens with two attached hydrogens (primary N) is 1. The Kier molecular flexibility index (Phi) is 2.94. The molecule has 1 aliphatic rings. The van der Waals surface area contributed by atoms with Gasteiger partial charge in [0.15, 0.2) is 0 Å². The van der Waals surface area contributed by atoms with Crippen molar-refractivity contribution >= 4 is 18.3 Å². The molecule has 0 spiro atoms. The topological polar surface area (TPSA) is 55.1 Å². The standard InChI is InChI=1S/C5H10N2O.ClH/c1-3-2-7-5(8)4(3)6;/h3-4H,2,6H2,1H3,(H,7,8);1H/t3-,4+;/m0./s1. The van der Waals surface area contributed by atoms with Gasteiger partial charge in [0.1, 0.15) is 0 Å². The second kappa shape index (κ2) is 3.03. The molecule has 0 bridgehead atoms. The van der Waals surface area contributed by atoms with E-state index in [0.717, 1.165) is 6.54 Å². The molecule has 1 heterocycles. The molecule has 1 aliphatic heterocycles. The van der Waals surface area contributed by atoms with Gasteiger partial charge in [0, 0.05) is 6.54 Å². The quantitative estimate of drug-likeness (QED) is 0.489. The highest BCUT2D eigenvalue weighted by molar-refractivity contribution is 5.85. The van der Waals surface area contributed by atoms with E-state index >= 15 is 0 Å². The summed E-state index contributed by atoms with van der Waals surface area (Å²) in [5.74, 6) is 0.292. The van der Waals surface area contributed by atoms with Gasteiger partial charge in [-0.25, -0.2) is 0 Å². The highest BCUT2D eigenvalue weighted by Crippen LogP contribution is 2.04. The highest BCUT2D eigenvalue weighted by Gasteiger charge is 2.26. The largest absolute Gasteiger partial charge is 0.354 e. The molecule has 54 valence electrons. The molecule has 0 radical (unpaired) electrons. The number of nitrogens with one attached hydrogen (secondary N) is 1. The third-order valence-corrected chi connectivity index (χ3v) is 1.51. The summed E-state index contributed by atoms with van der Waals surface area (Å²) in [7, 11) is 0. The van der Waals surface area contributed by atoms with Gasteiger partial charge in [-0.1, -0.05) is 6.92 Å². The fraction of sp³-hybridized carbons (Fsp3) is 0.800. The van der Waals surface area contributed by atoms with Crippen molar-refractivity contribution in [2.75, 3.05) is 6.54 Å². The van der Waals surface area contributed by atoms with Crippen LogP contribution in [0.2, 0.25) is 0 Å². The second-order valence-electron chi connectivity index (χ2n) is 2.25. The van der Waals surface area contributed by atoms with Crippen LogP contribution in [-0.2, 0) is 4.79 Å². The lowest BCUT2D eigenvalue weighted by molar-refractivity contribution is -0.120. The summed E-state index contributed by atoms with van der Waals surface area (Å²) < 4.78 is 0. The Morgan fingerprint density at radius 1 is 1.78 bits per heavy atom. The molecule has 0 aromatic heterocycles. The van der Waals surface area contributed by atoms with E-state index in [0.29, 0.717) is 5.92 Å². The molecule has 0 aromatic carbocycles. The van der Waals surface area contributed by atoms with Crippen molar-refractivity contribution in [2.45, 2.75) is 13.0 Å². The normalized spacial score (nSPS) is 33.3.